The monoisotopic (exact) mass is 232 g/mol. The van der Waals surface area contributed by atoms with Crippen LogP contribution in [0.1, 0.15) is 33.1 Å². The molecule has 1 saturated carbocycles. The normalized spacial score (nSPS) is 26.5. The molecule has 1 N–H and O–H groups in total. The summed E-state index contributed by atoms with van der Waals surface area (Å²) >= 11 is 0. The first-order valence-electron chi connectivity index (χ1n) is 5.90. The van der Waals surface area contributed by atoms with Crippen molar-refractivity contribution in [2.24, 2.45) is 5.41 Å². The predicted molar refractivity (Wildman–Crippen MR) is 66.0 cm³/mol. The van der Waals surface area contributed by atoms with E-state index in [0.29, 0.717) is 5.69 Å². The summed E-state index contributed by atoms with van der Waals surface area (Å²) < 4.78 is 13.6. The number of halogens is 1. The number of nitrogens with zero attached hydrogens (tertiary/aromatic N) is 1. The highest BCUT2D eigenvalue weighted by atomic mass is 19.1. The molecule has 3 heteroatoms. The molecule has 0 aliphatic heterocycles. The highest BCUT2D eigenvalue weighted by Gasteiger charge is 2.43. The van der Waals surface area contributed by atoms with Crippen LogP contribution in [0.3, 0.4) is 0 Å². The van der Waals surface area contributed by atoms with Gasteiger partial charge in [-0.05, 0) is 36.8 Å². The molecule has 0 spiro atoms. The molecule has 90 valence electrons. The maximum absolute atomic E-state index is 13.6. The molecule has 1 aliphatic carbocycles. The van der Waals surface area contributed by atoms with Gasteiger partial charge in [-0.15, -0.1) is 0 Å². The lowest BCUT2D eigenvalue weighted by molar-refractivity contribution is 0.368. The van der Waals surface area contributed by atoms with Crippen LogP contribution < -0.4 is 5.32 Å². The largest absolute Gasteiger partial charge is 0.365 e. The van der Waals surface area contributed by atoms with E-state index < -0.39 is 5.54 Å². The van der Waals surface area contributed by atoms with Crippen LogP contribution in [0.25, 0.3) is 0 Å². The van der Waals surface area contributed by atoms with Crippen LogP contribution in [-0.4, -0.2) is 5.54 Å². The Morgan fingerprint density at radius 2 is 2.00 bits per heavy atom. The molecule has 1 fully saturated rings. The molecule has 0 amide bonds. The average molecular weight is 232 g/mol. The van der Waals surface area contributed by atoms with E-state index in [1.54, 1.807) is 18.2 Å². The second kappa shape index (κ2) is 4.03. The molecule has 1 unspecified atom stereocenters. The quantitative estimate of drug-likeness (QED) is 0.843. The molecule has 0 heterocycles. The summed E-state index contributed by atoms with van der Waals surface area (Å²) in [5.74, 6) is -0.299. The van der Waals surface area contributed by atoms with E-state index in [9.17, 15) is 9.65 Å². The van der Waals surface area contributed by atoms with Crippen molar-refractivity contribution in [1.82, 2.24) is 0 Å². The van der Waals surface area contributed by atoms with Crippen LogP contribution in [0.4, 0.5) is 10.1 Å². The van der Waals surface area contributed by atoms with Gasteiger partial charge in [0.2, 0.25) is 0 Å². The van der Waals surface area contributed by atoms with Gasteiger partial charge in [-0.1, -0.05) is 26.0 Å². The minimum absolute atomic E-state index is 0.147. The Labute approximate surface area is 101 Å². The van der Waals surface area contributed by atoms with Crippen molar-refractivity contribution in [3.05, 3.63) is 30.1 Å². The van der Waals surface area contributed by atoms with E-state index in [4.69, 9.17) is 0 Å². The van der Waals surface area contributed by atoms with Gasteiger partial charge in [-0.2, -0.15) is 5.26 Å². The van der Waals surface area contributed by atoms with Crippen molar-refractivity contribution in [1.29, 1.82) is 5.26 Å². The van der Waals surface area contributed by atoms with E-state index in [1.165, 1.54) is 6.07 Å². The first-order chi connectivity index (χ1) is 7.96. The third-order valence-corrected chi connectivity index (χ3v) is 3.47. The van der Waals surface area contributed by atoms with Gasteiger partial charge in [0.05, 0.1) is 11.8 Å². The molecule has 1 atom stereocenters. The third kappa shape index (κ3) is 2.41. The van der Waals surface area contributed by atoms with Crippen molar-refractivity contribution in [2.75, 3.05) is 5.32 Å². The van der Waals surface area contributed by atoms with E-state index >= 15 is 0 Å². The van der Waals surface area contributed by atoms with E-state index in [-0.39, 0.29) is 11.2 Å². The van der Waals surface area contributed by atoms with Gasteiger partial charge in [0.1, 0.15) is 11.4 Å². The first-order valence-corrected chi connectivity index (χ1v) is 5.90. The summed E-state index contributed by atoms with van der Waals surface area (Å²) in [7, 11) is 0. The van der Waals surface area contributed by atoms with Gasteiger partial charge in [0.15, 0.2) is 0 Å². The Hall–Kier alpha value is -1.56. The lowest BCUT2D eigenvalue weighted by Crippen LogP contribution is -2.34. The summed E-state index contributed by atoms with van der Waals surface area (Å²) in [4.78, 5) is 0. The average Bonchev–Trinajstić information content (AvgIpc) is 2.59. The Balaban J connectivity index is 2.23. The van der Waals surface area contributed by atoms with Crippen molar-refractivity contribution in [3.8, 4) is 6.07 Å². The molecule has 17 heavy (non-hydrogen) atoms. The van der Waals surface area contributed by atoms with Crippen molar-refractivity contribution < 1.29 is 4.39 Å². The van der Waals surface area contributed by atoms with Crippen molar-refractivity contribution in [3.63, 3.8) is 0 Å². The lowest BCUT2D eigenvalue weighted by atomic mass is 9.88. The Kier molecular flexibility index (Phi) is 2.82. The molecule has 2 nitrogen and oxygen atoms in total. The van der Waals surface area contributed by atoms with Crippen LogP contribution in [0.15, 0.2) is 24.3 Å². The summed E-state index contributed by atoms with van der Waals surface area (Å²) in [5, 5.41) is 12.5. The van der Waals surface area contributed by atoms with Crippen molar-refractivity contribution in [2.45, 2.75) is 38.6 Å². The molecule has 2 rings (SSSR count). The Bertz CT molecular complexity index is 462. The molecule has 0 radical (unpaired) electrons. The number of benzene rings is 1. The zero-order valence-corrected chi connectivity index (χ0v) is 10.3. The zero-order valence-electron chi connectivity index (χ0n) is 10.3. The number of nitriles is 1. The summed E-state index contributed by atoms with van der Waals surface area (Å²) in [6, 6.07) is 8.85. The van der Waals surface area contributed by atoms with Crippen LogP contribution in [0, 0.1) is 22.6 Å². The molecular formula is C14H17FN2. The summed E-state index contributed by atoms with van der Waals surface area (Å²) in [6.07, 6.45) is 2.51. The standard InChI is InChI=1S/C14H17FN2/c1-13(2)7-8-14(9-13,10-16)17-12-6-4-3-5-11(12)15/h3-6,17H,7-9H2,1-2H3. The molecule has 0 bridgehead atoms. The van der Waals surface area contributed by atoms with Crippen LogP contribution in [-0.2, 0) is 0 Å². The molecule has 1 aromatic carbocycles. The maximum Gasteiger partial charge on any atom is 0.146 e. The van der Waals surface area contributed by atoms with Gasteiger partial charge < -0.3 is 5.32 Å². The molecule has 0 saturated heterocycles. The predicted octanol–water partition coefficient (Wildman–Crippen LogP) is 3.71. The van der Waals surface area contributed by atoms with Gasteiger partial charge in [-0.25, -0.2) is 4.39 Å². The van der Waals surface area contributed by atoms with Gasteiger partial charge in [-0.3, -0.25) is 0 Å². The van der Waals surface area contributed by atoms with Crippen molar-refractivity contribution >= 4 is 5.69 Å². The number of anilines is 1. The smallest absolute Gasteiger partial charge is 0.146 e. The second-order valence-electron chi connectivity index (χ2n) is 5.64. The fraction of sp³-hybridized carbons (Fsp3) is 0.500. The second-order valence-corrected chi connectivity index (χ2v) is 5.64. The number of nitrogens with one attached hydrogen (secondary N) is 1. The molecule has 0 aromatic heterocycles. The third-order valence-electron chi connectivity index (χ3n) is 3.47. The van der Waals surface area contributed by atoms with Gasteiger partial charge in [0, 0.05) is 0 Å². The van der Waals surface area contributed by atoms with E-state index in [1.807, 2.05) is 0 Å². The summed E-state index contributed by atoms with van der Waals surface area (Å²) in [6.45, 7) is 4.30. The van der Waals surface area contributed by atoms with Crippen LogP contribution in [0.5, 0.6) is 0 Å². The number of para-hydroxylation sites is 1. The number of hydrogen-bond acceptors (Lipinski definition) is 2. The highest BCUT2D eigenvalue weighted by Crippen LogP contribution is 2.45. The SMILES string of the molecule is CC1(C)CCC(C#N)(Nc2ccccc2F)C1. The van der Waals surface area contributed by atoms with Crippen LogP contribution >= 0.6 is 0 Å². The Morgan fingerprint density at radius 3 is 2.53 bits per heavy atom. The molecular weight excluding hydrogens is 215 g/mol. The first kappa shape index (κ1) is 11.9. The molecule has 1 aromatic rings. The van der Waals surface area contributed by atoms with Gasteiger partial charge in [0.25, 0.3) is 0 Å². The molecule has 1 aliphatic rings. The minimum atomic E-state index is -0.619. The topological polar surface area (TPSA) is 35.8 Å². The Morgan fingerprint density at radius 1 is 1.29 bits per heavy atom. The fourth-order valence-electron chi connectivity index (χ4n) is 2.60. The summed E-state index contributed by atoms with van der Waals surface area (Å²) in [5.41, 5.74) is -0.0496. The van der Waals surface area contributed by atoms with Gasteiger partial charge >= 0.3 is 0 Å². The minimum Gasteiger partial charge on any atom is -0.365 e. The van der Waals surface area contributed by atoms with E-state index in [2.05, 4.69) is 25.2 Å². The maximum atomic E-state index is 13.6. The van der Waals surface area contributed by atoms with E-state index in [0.717, 1.165) is 19.3 Å². The number of rotatable bonds is 2. The number of hydrogen-bond donors (Lipinski definition) is 1. The van der Waals surface area contributed by atoms with Crippen LogP contribution in [0.2, 0.25) is 0 Å². The fourth-order valence-corrected chi connectivity index (χ4v) is 2.60. The lowest BCUT2D eigenvalue weighted by Gasteiger charge is -2.26. The highest BCUT2D eigenvalue weighted by molar-refractivity contribution is 5.49. The zero-order chi connectivity index (χ0) is 12.5.